The first-order valence-corrected chi connectivity index (χ1v) is 5.91. The highest BCUT2D eigenvalue weighted by molar-refractivity contribution is 9.10. The summed E-state index contributed by atoms with van der Waals surface area (Å²) >= 11 is 3.42. The molecule has 1 aromatic rings. The molecule has 1 unspecified atom stereocenters. The molecule has 0 fully saturated rings. The van der Waals surface area contributed by atoms with E-state index in [0.717, 1.165) is 15.6 Å². The fourth-order valence-electron chi connectivity index (χ4n) is 1.34. The average Bonchev–Trinajstić information content (AvgIpc) is 2.21. The van der Waals surface area contributed by atoms with Gasteiger partial charge in [-0.1, -0.05) is 22.9 Å². The lowest BCUT2D eigenvalue weighted by atomic mass is 10.1. The SMILES string of the molecule is CCC(Oc1cc(C)c(Br)cc1C)C(=O)O. The predicted octanol–water partition coefficient (Wildman–Crippen LogP) is 3.31. The third-order valence-electron chi connectivity index (χ3n) is 2.37. The van der Waals surface area contributed by atoms with Crippen molar-refractivity contribution in [2.75, 3.05) is 0 Å². The first kappa shape index (κ1) is 13.0. The second kappa shape index (κ2) is 5.34. The predicted molar refractivity (Wildman–Crippen MR) is 66.0 cm³/mol. The summed E-state index contributed by atoms with van der Waals surface area (Å²) < 4.78 is 6.47. The van der Waals surface area contributed by atoms with Crippen LogP contribution in [0.25, 0.3) is 0 Å². The fourth-order valence-corrected chi connectivity index (χ4v) is 1.80. The molecule has 16 heavy (non-hydrogen) atoms. The summed E-state index contributed by atoms with van der Waals surface area (Å²) in [5.74, 6) is -0.294. The van der Waals surface area contributed by atoms with Crippen LogP contribution in [-0.2, 0) is 4.79 Å². The number of carbonyl (C=O) groups is 1. The second-order valence-corrected chi connectivity index (χ2v) is 4.57. The van der Waals surface area contributed by atoms with Crippen molar-refractivity contribution >= 4 is 21.9 Å². The van der Waals surface area contributed by atoms with Crippen LogP contribution in [0.15, 0.2) is 16.6 Å². The number of ether oxygens (including phenoxy) is 1. The number of rotatable bonds is 4. The Balaban J connectivity index is 2.96. The molecule has 0 aliphatic rings. The van der Waals surface area contributed by atoms with E-state index in [-0.39, 0.29) is 0 Å². The molecular formula is C12H15BrO3. The Morgan fingerprint density at radius 3 is 2.56 bits per heavy atom. The molecule has 0 aliphatic heterocycles. The quantitative estimate of drug-likeness (QED) is 0.924. The minimum absolute atomic E-state index is 0.448. The number of benzene rings is 1. The molecule has 88 valence electrons. The van der Waals surface area contributed by atoms with Gasteiger partial charge in [0.15, 0.2) is 6.10 Å². The van der Waals surface area contributed by atoms with Crippen molar-refractivity contribution in [3.63, 3.8) is 0 Å². The van der Waals surface area contributed by atoms with Crippen molar-refractivity contribution in [2.24, 2.45) is 0 Å². The molecule has 0 aliphatic carbocycles. The summed E-state index contributed by atoms with van der Waals surface area (Å²) in [5.41, 5.74) is 1.96. The van der Waals surface area contributed by atoms with Crippen molar-refractivity contribution < 1.29 is 14.6 Å². The number of hydrogen-bond donors (Lipinski definition) is 1. The monoisotopic (exact) mass is 286 g/mol. The Labute approximate surface area is 104 Å². The van der Waals surface area contributed by atoms with E-state index in [0.29, 0.717) is 12.2 Å². The first-order valence-electron chi connectivity index (χ1n) is 5.12. The number of carboxylic acids is 1. The Hall–Kier alpha value is -1.03. The molecule has 0 amide bonds. The number of hydrogen-bond acceptors (Lipinski definition) is 2. The molecule has 0 saturated heterocycles. The molecule has 0 aromatic heterocycles. The molecule has 0 radical (unpaired) electrons. The van der Waals surface area contributed by atoms with Gasteiger partial charge in [0.05, 0.1) is 0 Å². The normalized spacial score (nSPS) is 12.2. The molecule has 1 atom stereocenters. The van der Waals surface area contributed by atoms with Crippen molar-refractivity contribution in [1.82, 2.24) is 0 Å². The molecule has 0 saturated carbocycles. The van der Waals surface area contributed by atoms with Gasteiger partial charge in [-0.25, -0.2) is 4.79 Å². The maximum Gasteiger partial charge on any atom is 0.344 e. The lowest BCUT2D eigenvalue weighted by Gasteiger charge is -2.16. The highest BCUT2D eigenvalue weighted by Gasteiger charge is 2.18. The van der Waals surface area contributed by atoms with Gasteiger partial charge in [-0.3, -0.25) is 0 Å². The maximum absolute atomic E-state index is 10.9. The summed E-state index contributed by atoms with van der Waals surface area (Å²) in [5, 5.41) is 8.92. The van der Waals surface area contributed by atoms with Crippen molar-refractivity contribution in [3.05, 3.63) is 27.7 Å². The van der Waals surface area contributed by atoms with Gasteiger partial charge in [0.1, 0.15) is 5.75 Å². The summed E-state index contributed by atoms with van der Waals surface area (Å²) in [6.45, 7) is 5.63. The number of halogens is 1. The lowest BCUT2D eigenvalue weighted by Crippen LogP contribution is -2.26. The van der Waals surface area contributed by atoms with E-state index in [1.807, 2.05) is 26.0 Å². The summed E-state index contributed by atoms with van der Waals surface area (Å²) in [7, 11) is 0. The Bertz CT molecular complexity index is 401. The topological polar surface area (TPSA) is 46.5 Å². The van der Waals surface area contributed by atoms with Gasteiger partial charge in [-0.15, -0.1) is 0 Å². The van der Waals surface area contributed by atoms with Crippen LogP contribution >= 0.6 is 15.9 Å². The van der Waals surface area contributed by atoms with Crippen LogP contribution in [0.4, 0.5) is 0 Å². The third kappa shape index (κ3) is 2.98. The standard InChI is InChI=1S/C12H15BrO3/c1-4-10(12(14)15)16-11-6-7(2)9(13)5-8(11)3/h5-6,10H,4H2,1-3H3,(H,14,15). The Morgan fingerprint density at radius 2 is 2.06 bits per heavy atom. The Morgan fingerprint density at radius 1 is 1.44 bits per heavy atom. The van der Waals surface area contributed by atoms with Crippen molar-refractivity contribution in [3.8, 4) is 5.75 Å². The molecule has 0 heterocycles. The van der Waals surface area contributed by atoms with Gasteiger partial charge < -0.3 is 9.84 Å². The van der Waals surface area contributed by atoms with Crippen LogP contribution < -0.4 is 4.74 Å². The van der Waals surface area contributed by atoms with E-state index >= 15 is 0 Å². The van der Waals surface area contributed by atoms with Gasteiger partial charge in [-0.2, -0.15) is 0 Å². The molecule has 4 heteroatoms. The first-order chi connectivity index (χ1) is 7.45. The largest absolute Gasteiger partial charge is 0.479 e. The third-order valence-corrected chi connectivity index (χ3v) is 3.23. The van der Waals surface area contributed by atoms with Gasteiger partial charge >= 0.3 is 5.97 Å². The smallest absolute Gasteiger partial charge is 0.344 e. The van der Waals surface area contributed by atoms with E-state index < -0.39 is 12.1 Å². The van der Waals surface area contributed by atoms with Gasteiger partial charge in [0.25, 0.3) is 0 Å². The van der Waals surface area contributed by atoms with Crippen LogP contribution in [0.5, 0.6) is 5.75 Å². The zero-order valence-corrected chi connectivity index (χ0v) is 11.2. The van der Waals surface area contributed by atoms with Crippen LogP contribution in [0.2, 0.25) is 0 Å². The minimum Gasteiger partial charge on any atom is -0.479 e. The zero-order valence-electron chi connectivity index (χ0n) is 9.58. The second-order valence-electron chi connectivity index (χ2n) is 3.72. The molecular weight excluding hydrogens is 272 g/mol. The molecule has 1 N–H and O–H groups in total. The maximum atomic E-state index is 10.9. The van der Waals surface area contributed by atoms with E-state index in [2.05, 4.69) is 15.9 Å². The number of aryl methyl sites for hydroxylation is 2. The lowest BCUT2D eigenvalue weighted by molar-refractivity contribution is -0.145. The molecule has 0 bridgehead atoms. The van der Waals surface area contributed by atoms with E-state index in [1.54, 1.807) is 6.92 Å². The minimum atomic E-state index is -0.928. The van der Waals surface area contributed by atoms with Gasteiger partial charge in [0, 0.05) is 4.47 Å². The van der Waals surface area contributed by atoms with E-state index in [9.17, 15) is 4.79 Å². The Kier molecular flexibility index (Phi) is 4.35. The molecule has 1 rings (SSSR count). The summed E-state index contributed by atoms with van der Waals surface area (Å²) in [4.78, 5) is 10.9. The van der Waals surface area contributed by atoms with Gasteiger partial charge in [0.2, 0.25) is 0 Å². The fraction of sp³-hybridized carbons (Fsp3) is 0.417. The zero-order chi connectivity index (χ0) is 12.3. The van der Waals surface area contributed by atoms with Crippen LogP contribution in [0.1, 0.15) is 24.5 Å². The molecule has 3 nitrogen and oxygen atoms in total. The van der Waals surface area contributed by atoms with Crippen LogP contribution in [0, 0.1) is 13.8 Å². The van der Waals surface area contributed by atoms with Gasteiger partial charge in [-0.05, 0) is 43.5 Å². The highest BCUT2D eigenvalue weighted by Crippen LogP contribution is 2.27. The average molecular weight is 287 g/mol. The van der Waals surface area contributed by atoms with Crippen LogP contribution in [-0.4, -0.2) is 17.2 Å². The summed E-state index contributed by atoms with van der Waals surface area (Å²) in [6, 6.07) is 3.78. The number of aliphatic carboxylic acids is 1. The van der Waals surface area contributed by atoms with E-state index in [4.69, 9.17) is 9.84 Å². The summed E-state index contributed by atoms with van der Waals surface area (Å²) in [6.07, 6.45) is -0.330. The van der Waals surface area contributed by atoms with Crippen molar-refractivity contribution in [2.45, 2.75) is 33.3 Å². The molecule has 1 aromatic carbocycles. The van der Waals surface area contributed by atoms with E-state index in [1.165, 1.54) is 0 Å². The van der Waals surface area contributed by atoms with Crippen LogP contribution in [0.3, 0.4) is 0 Å². The van der Waals surface area contributed by atoms with Crippen molar-refractivity contribution in [1.29, 1.82) is 0 Å². The highest BCUT2D eigenvalue weighted by atomic mass is 79.9. The molecule has 0 spiro atoms. The number of carboxylic acid groups (broad SMARTS) is 1.